The maximum Gasteiger partial charge on any atom is 0.292 e. The molecule has 1 aromatic rings. The minimum absolute atomic E-state index is 0.246. The number of halogens is 1. The van der Waals surface area contributed by atoms with Crippen molar-refractivity contribution in [1.82, 2.24) is 0 Å². The van der Waals surface area contributed by atoms with Crippen molar-refractivity contribution in [2.24, 2.45) is 5.92 Å². The predicted octanol–water partition coefficient (Wildman–Crippen LogP) is 3.87. The van der Waals surface area contributed by atoms with Gasteiger partial charge in [0.2, 0.25) is 0 Å². The van der Waals surface area contributed by atoms with Crippen LogP contribution in [-0.2, 0) is 5.33 Å². The number of anilines is 1. The first-order valence-electron chi connectivity index (χ1n) is 6.79. The number of nitro benzene ring substituents is 1. The Hall–Kier alpha value is -1.10. The minimum Gasteiger partial charge on any atom is -0.363 e. The molecular weight excluding hydrogens is 308 g/mol. The monoisotopic (exact) mass is 324 g/mol. The number of hydrogen-bond donors (Lipinski definition) is 0. The predicted molar refractivity (Wildman–Crippen MR) is 78.8 cm³/mol. The summed E-state index contributed by atoms with van der Waals surface area (Å²) in [6.07, 6.45) is 4.89. The fourth-order valence-electron chi connectivity index (χ4n) is 2.45. The van der Waals surface area contributed by atoms with Crippen LogP contribution in [0.2, 0.25) is 0 Å². The van der Waals surface area contributed by atoms with Crippen molar-refractivity contribution in [2.45, 2.75) is 37.1 Å². The summed E-state index contributed by atoms with van der Waals surface area (Å²) in [5.41, 5.74) is 2.02. The standard InChI is InChI=1S/C14H17BrN2O2/c15-8-11-3-6-13(14(7-11)17(18)19)16(12-4-5-12)9-10-1-2-10/h3,6-7,10,12H,1-2,4-5,8-9H2. The summed E-state index contributed by atoms with van der Waals surface area (Å²) in [6, 6.07) is 6.13. The zero-order chi connectivity index (χ0) is 13.4. The van der Waals surface area contributed by atoms with Gasteiger partial charge < -0.3 is 4.90 Å². The summed E-state index contributed by atoms with van der Waals surface area (Å²) >= 11 is 3.36. The van der Waals surface area contributed by atoms with E-state index in [1.165, 1.54) is 25.7 Å². The Kier molecular flexibility index (Phi) is 3.48. The lowest BCUT2D eigenvalue weighted by Crippen LogP contribution is -2.28. The number of rotatable bonds is 6. The van der Waals surface area contributed by atoms with Crippen molar-refractivity contribution in [3.63, 3.8) is 0 Å². The maximum absolute atomic E-state index is 11.3. The van der Waals surface area contributed by atoms with E-state index in [4.69, 9.17) is 0 Å². The molecule has 0 radical (unpaired) electrons. The normalized spacial score (nSPS) is 18.4. The van der Waals surface area contributed by atoms with Crippen molar-refractivity contribution < 1.29 is 4.92 Å². The molecule has 4 nitrogen and oxygen atoms in total. The van der Waals surface area contributed by atoms with E-state index >= 15 is 0 Å². The maximum atomic E-state index is 11.3. The van der Waals surface area contributed by atoms with Gasteiger partial charge in [-0.05, 0) is 43.2 Å². The van der Waals surface area contributed by atoms with E-state index in [-0.39, 0.29) is 10.6 Å². The second-order valence-electron chi connectivity index (χ2n) is 5.54. The Labute approximate surface area is 121 Å². The smallest absolute Gasteiger partial charge is 0.292 e. The van der Waals surface area contributed by atoms with Crippen LogP contribution < -0.4 is 4.90 Å². The molecule has 3 rings (SSSR count). The highest BCUT2D eigenvalue weighted by Crippen LogP contribution is 2.41. The summed E-state index contributed by atoms with van der Waals surface area (Å²) in [7, 11) is 0. The van der Waals surface area contributed by atoms with E-state index in [0.29, 0.717) is 11.4 Å². The van der Waals surface area contributed by atoms with E-state index in [1.54, 1.807) is 6.07 Å². The van der Waals surface area contributed by atoms with Gasteiger partial charge in [0.05, 0.1) is 4.92 Å². The van der Waals surface area contributed by atoms with Gasteiger partial charge in [-0.1, -0.05) is 22.0 Å². The van der Waals surface area contributed by atoms with E-state index in [2.05, 4.69) is 20.8 Å². The van der Waals surface area contributed by atoms with Gasteiger partial charge in [-0.3, -0.25) is 10.1 Å². The van der Waals surface area contributed by atoms with Crippen molar-refractivity contribution in [3.8, 4) is 0 Å². The van der Waals surface area contributed by atoms with Crippen molar-refractivity contribution in [2.75, 3.05) is 11.4 Å². The van der Waals surface area contributed by atoms with Gasteiger partial charge in [0.1, 0.15) is 5.69 Å². The van der Waals surface area contributed by atoms with Crippen LogP contribution in [0.25, 0.3) is 0 Å². The molecule has 2 fully saturated rings. The fourth-order valence-corrected chi connectivity index (χ4v) is 2.80. The molecular formula is C14H17BrN2O2. The second kappa shape index (κ2) is 5.12. The minimum atomic E-state index is -0.246. The van der Waals surface area contributed by atoms with E-state index in [1.807, 2.05) is 12.1 Å². The molecule has 0 atom stereocenters. The van der Waals surface area contributed by atoms with Crippen LogP contribution in [-0.4, -0.2) is 17.5 Å². The number of alkyl halides is 1. The van der Waals surface area contributed by atoms with Gasteiger partial charge >= 0.3 is 0 Å². The van der Waals surface area contributed by atoms with Gasteiger partial charge in [0.15, 0.2) is 0 Å². The lowest BCUT2D eigenvalue weighted by Gasteiger charge is -2.24. The third kappa shape index (κ3) is 2.91. The summed E-state index contributed by atoms with van der Waals surface area (Å²) in [6.45, 7) is 0.985. The molecule has 0 aromatic heterocycles. The van der Waals surface area contributed by atoms with Crippen LogP contribution in [0.15, 0.2) is 18.2 Å². The van der Waals surface area contributed by atoms with Gasteiger partial charge in [0, 0.05) is 24.0 Å². The molecule has 0 amide bonds. The average Bonchev–Trinajstić information content (AvgIpc) is 3.27. The number of hydrogen-bond acceptors (Lipinski definition) is 3. The Balaban J connectivity index is 1.93. The molecule has 19 heavy (non-hydrogen) atoms. The van der Waals surface area contributed by atoms with Gasteiger partial charge in [-0.15, -0.1) is 0 Å². The zero-order valence-electron chi connectivity index (χ0n) is 10.7. The fraction of sp³-hybridized carbons (Fsp3) is 0.571. The van der Waals surface area contributed by atoms with E-state index in [9.17, 15) is 10.1 Å². The molecule has 0 aliphatic heterocycles. The number of nitrogens with zero attached hydrogens (tertiary/aromatic N) is 2. The molecule has 2 saturated carbocycles. The van der Waals surface area contributed by atoms with Gasteiger partial charge in [0.25, 0.3) is 5.69 Å². The van der Waals surface area contributed by atoms with Crippen LogP contribution in [0.3, 0.4) is 0 Å². The van der Waals surface area contributed by atoms with Gasteiger partial charge in [-0.25, -0.2) is 0 Å². The molecule has 1 aromatic carbocycles. The zero-order valence-corrected chi connectivity index (χ0v) is 12.3. The first-order valence-corrected chi connectivity index (χ1v) is 7.91. The van der Waals surface area contributed by atoms with Crippen molar-refractivity contribution in [1.29, 1.82) is 0 Å². The van der Waals surface area contributed by atoms with Crippen molar-refractivity contribution >= 4 is 27.3 Å². The highest BCUT2D eigenvalue weighted by molar-refractivity contribution is 9.08. The van der Waals surface area contributed by atoms with Crippen LogP contribution in [0, 0.1) is 16.0 Å². The molecule has 5 heteroatoms. The van der Waals surface area contributed by atoms with Crippen LogP contribution in [0.5, 0.6) is 0 Å². The molecule has 0 N–H and O–H groups in total. The third-order valence-electron chi connectivity index (χ3n) is 3.84. The SMILES string of the molecule is O=[N+]([O-])c1cc(CBr)ccc1N(CC1CC1)C1CC1. The molecule has 102 valence electrons. The Morgan fingerprint density at radius 2 is 2.05 bits per heavy atom. The second-order valence-corrected chi connectivity index (χ2v) is 6.10. The van der Waals surface area contributed by atoms with E-state index in [0.717, 1.165) is 23.7 Å². The molecule has 0 heterocycles. The first-order chi connectivity index (χ1) is 9.19. The van der Waals surface area contributed by atoms with Crippen LogP contribution in [0.1, 0.15) is 31.2 Å². The third-order valence-corrected chi connectivity index (χ3v) is 4.49. The number of benzene rings is 1. The summed E-state index contributed by atoms with van der Waals surface area (Å²) in [4.78, 5) is 13.3. The number of nitro groups is 1. The Morgan fingerprint density at radius 1 is 1.32 bits per heavy atom. The first kappa shape index (κ1) is 12.9. The van der Waals surface area contributed by atoms with Crippen LogP contribution >= 0.6 is 15.9 Å². The molecule has 0 saturated heterocycles. The largest absolute Gasteiger partial charge is 0.363 e. The van der Waals surface area contributed by atoms with Crippen LogP contribution in [0.4, 0.5) is 11.4 Å². The molecule has 0 unspecified atom stereocenters. The molecule has 0 bridgehead atoms. The molecule has 0 spiro atoms. The molecule has 2 aliphatic rings. The summed E-state index contributed by atoms with van der Waals surface area (Å²) in [5, 5.41) is 12.0. The highest BCUT2D eigenvalue weighted by atomic mass is 79.9. The lowest BCUT2D eigenvalue weighted by atomic mass is 10.1. The van der Waals surface area contributed by atoms with Gasteiger partial charge in [-0.2, -0.15) is 0 Å². The highest BCUT2D eigenvalue weighted by Gasteiger charge is 2.36. The quantitative estimate of drug-likeness (QED) is 0.453. The summed E-state index contributed by atoms with van der Waals surface area (Å²) in [5.74, 6) is 0.746. The van der Waals surface area contributed by atoms with E-state index < -0.39 is 0 Å². The average molecular weight is 325 g/mol. The summed E-state index contributed by atoms with van der Waals surface area (Å²) < 4.78 is 0. The Morgan fingerprint density at radius 3 is 2.58 bits per heavy atom. The Bertz CT molecular complexity index is 498. The topological polar surface area (TPSA) is 46.4 Å². The lowest BCUT2D eigenvalue weighted by molar-refractivity contribution is -0.384. The van der Waals surface area contributed by atoms with Crippen molar-refractivity contribution in [3.05, 3.63) is 33.9 Å². The molecule has 2 aliphatic carbocycles.